The van der Waals surface area contributed by atoms with Gasteiger partial charge in [-0.15, -0.1) is 0 Å². The molecule has 1 aliphatic rings. The van der Waals surface area contributed by atoms with Crippen molar-refractivity contribution in [2.45, 2.75) is 13.5 Å². The van der Waals surface area contributed by atoms with Crippen LogP contribution in [0.4, 0.5) is 5.82 Å². The number of piperazine rings is 1. The standard InChI is InChI=1S/C21H28N4O2/c1-3-23(16-18-7-9-19(27-2)10-8-18)17-21(26)25-14-12-24(13-15-25)20-6-4-5-11-22-20/h4-11H,3,12-17H2,1-2H3. The van der Waals surface area contributed by atoms with Crippen LogP contribution in [0.5, 0.6) is 5.75 Å². The van der Waals surface area contributed by atoms with Gasteiger partial charge in [0.05, 0.1) is 13.7 Å². The first-order valence-electron chi connectivity index (χ1n) is 9.48. The van der Waals surface area contributed by atoms with E-state index in [1.54, 1.807) is 7.11 Å². The second-order valence-electron chi connectivity index (χ2n) is 6.71. The summed E-state index contributed by atoms with van der Waals surface area (Å²) in [6.45, 7) is 7.29. The van der Waals surface area contributed by atoms with Crippen LogP contribution in [0.3, 0.4) is 0 Å². The molecule has 0 spiro atoms. The molecule has 144 valence electrons. The quantitative estimate of drug-likeness (QED) is 0.750. The zero-order valence-electron chi connectivity index (χ0n) is 16.2. The molecule has 1 aliphatic heterocycles. The number of ether oxygens (including phenoxy) is 1. The topological polar surface area (TPSA) is 48.9 Å². The molecule has 2 heterocycles. The van der Waals surface area contributed by atoms with Crippen LogP contribution in [-0.2, 0) is 11.3 Å². The number of hydrogen-bond acceptors (Lipinski definition) is 5. The fourth-order valence-electron chi connectivity index (χ4n) is 3.29. The number of likely N-dealkylation sites (N-methyl/N-ethyl adjacent to an activating group) is 1. The van der Waals surface area contributed by atoms with E-state index >= 15 is 0 Å². The van der Waals surface area contributed by atoms with Gasteiger partial charge < -0.3 is 14.5 Å². The molecule has 1 amide bonds. The molecule has 0 radical (unpaired) electrons. The molecule has 0 bridgehead atoms. The number of carbonyl (C=O) groups is 1. The van der Waals surface area contributed by atoms with Gasteiger partial charge in [0, 0.05) is 38.9 Å². The van der Waals surface area contributed by atoms with Gasteiger partial charge in [-0.2, -0.15) is 0 Å². The maximum atomic E-state index is 12.7. The minimum atomic E-state index is 0.200. The van der Waals surface area contributed by atoms with Gasteiger partial charge in [-0.25, -0.2) is 4.98 Å². The molecule has 1 saturated heterocycles. The lowest BCUT2D eigenvalue weighted by Gasteiger charge is -2.36. The molecule has 1 aromatic heterocycles. The van der Waals surface area contributed by atoms with Crippen LogP contribution in [0, 0.1) is 0 Å². The highest BCUT2D eigenvalue weighted by molar-refractivity contribution is 5.78. The van der Waals surface area contributed by atoms with Crippen molar-refractivity contribution >= 4 is 11.7 Å². The van der Waals surface area contributed by atoms with E-state index in [1.165, 1.54) is 5.56 Å². The first kappa shape index (κ1) is 19.2. The Labute approximate surface area is 161 Å². The van der Waals surface area contributed by atoms with Crippen LogP contribution < -0.4 is 9.64 Å². The molecule has 6 heteroatoms. The molecule has 0 unspecified atom stereocenters. The van der Waals surface area contributed by atoms with Crippen LogP contribution in [0.25, 0.3) is 0 Å². The molecule has 1 aromatic carbocycles. The smallest absolute Gasteiger partial charge is 0.236 e. The summed E-state index contributed by atoms with van der Waals surface area (Å²) in [5, 5.41) is 0. The number of anilines is 1. The van der Waals surface area contributed by atoms with E-state index in [2.05, 4.69) is 33.8 Å². The fraction of sp³-hybridized carbons (Fsp3) is 0.429. The maximum Gasteiger partial charge on any atom is 0.236 e. The summed E-state index contributed by atoms with van der Waals surface area (Å²) in [5.41, 5.74) is 1.19. The van der Waals surface area contributed by atoms with Gasteiger partial charge in [0.2, 0.25) is 5.91 Å². The predicted octanol–water partition coefficient (Wildman–Crippen LogP) is 2.26. The highest BCUT2D eigenvalue weighted by atomic mass is 16.5. The number of rotatable bonds is 7. The van der Waals surface area contributed by atoms with Crippen molar-refractivity contribution in [2.75, 3.05) is 51.3 Å². The maximum absolute atomic E-state index is 12.7. The summed E-state index contributed by atoms with van der Waals surface area (Å²) in [6, 6.07) is 14.0. The highest BCUT2D eigenvalue weighted by Crippen LogP contribution is 2.15. The van der Waals surface area contributed by atoms with E-state index in [4.69, 9.17) is 4.74 Å². The number of nitrogens with zero attached hydrogens (tertiary/aromatic N) is 4. The van der Waals surface area contributed by atoms with E-state index in [1.807, 2.05) is 41.4 Å². The van der Waals surface area contributed by atoms with Gasteiger partial charge in [0.25, 0.3) is 0 Å². The van der Waals surface area contributed by atoms with Crippen molar-refractivity contribution in [3.05, 3.63) is 54.2 Å². The lowest BCUT2D eigenvalue weighted by molar-refractivity contribution is -0.132. The molecule has 0 saturated carbocycles. The Kier molecular flexibility index (Phi) is 6.65. The molecule has 1 fully saturated rings. The Balaban J connectivity index is 1.50. The molecular weight excluding hydrogens is 340 g/mol. The van der Waals surface area contributed by atoms with Crippen molar-refractivity contribution < 1.29 is 9.53 Å². The minimum Gasteiger partial charge on any atom is -0.497 e. The second kappa shape index (κ2) is 9.37. The SMILES string of the molecule is CCN(CC(=O)N1CCN(c2ccccn2)CC1)Cc1ccc(OC)cc1. The third-order valence-electron chi connectivity index (χ3n) is 4.98. The zero-order chi connectivity index (χ0) is 19.1. The highest BCUT2D eigenvalue weighted by Gasteiger charge is 2.23. The van der Waals surface area contributed by atoms with Gasteiger partial charge in [-0.1, -0.05) is 25.1 Å². The summed E-state index contributed by atoms with van der Waals surface area (Å²) in [6.07, 6.45) is 1.81. The summed E-state index contributed by atoms with van der Waals surface area (Å²) >= 11 is 0. The lowest BCUT2D eigenvalue weighted by Crippen LogP contribution is -2.51. The average molecular weight is 368 g/mol. The van der Waals surface area contributed by atoms with Gasteiger partial charge in [0.1, 0.15) is 11.6 Å². The molecule has 0 atom stereocenters. The van der Waals surface area contributed by atoms with Crippen LogP contribution in [-0.4, -0.2) is 67.1 Å². The van der Waals surface area contributed by atoms with Crippen molar-refractivity contribution in [1.29, 1.82) is 0 Å². The Bertz CT molecular complexity index is 713. The molecule has 3 rings (SSSR count). The largest absolute Gasteiger partial charge is 0.497 e. The van der Waals surface area contributed by atoms with E-state index in [-0.39, 0.29) is 5.91 Å². The van der Waals surface area contributed by atoms with E-state index in [0.29, 0.717) is 6.54 Å². The number of amides is 1. The average Bonchev–Trinajstić information content (AvgIpc) is 2.74. The van der Waals surface area contributed by atoms with Crippen LogP contribution >= 0.6 is 0 Å². The van der Waals surface area contributed by atoms with Gasteiger partial charge >= 0.3 is 0 Å². The summed E-state index contributed by atoms with van der Waals surface area (Å²) < 4.78 is 5.20. The first-order chi connectivity index (χ1) is 13.2. The number of carbonyl (C=O) groups excluding carboxylic acids is 1. The molecule has 0 N–H and O–H groups in total. The van der Waals surface area contributed by atoms with E-state index < -0.39 is 0 Å². The third-order valence-corrected chi connectivity index (χ3v) is 4.98. The van der Waals surface area contributed by atoms with Crippen molar-refractivity contribution in [3.63, 3.8) is 0 Å². The number of methoxy groups -OCH3 is 1. The summed E-state index contributed by atoms with van der Waals surface area (Å²) in [5.74, 6) is 2.04. The van der Waals surface area contributed by atoms with Gasteiger partial charge in [-0.05, 0) is 36.4 Å². The molecule has 27 heavy (non-hydrogen) atoms. The van der Waals surface area contributed by atoms with Crippen molar-refractivity contribution in [2.24, 2.45) is 0 Å². The fourth-order valence-corrected chi connectivity index (χ4v) is 3.29. The second-order valence-corrected chi connectivity index (χ2v) is 6.71. The zero-order valence-corrected chi connectivity index (χ0v) is 16.2. The molecule has 2 aromatic rings. The Morgan fingerprint density at radius 3 is 2.44 bits per heavy atom. The molecular formula is C21H28N4O2. The van der Waals surface area contributed by atoms with Crippen LogP contribution in [0.2, 0.25) is 0 Å². The lowest BCUT2D eigenvalue weighted by atomic mass is 10.2. The monoisotopic (exact) mass is 368 g/mol. The van der Waals surface area contributed by atoms with Gasteiger partial charge in [-0.3, -0.25) is 9.69 Å². The summed E-state index contributed by atoms with van der Waals surface area (Å²) in [7, 11) is 1.67. The van der Waals surface area contributed by atoms with Crippen molar-refractivity contribution in [3.8, 4) is 5.75 Å². The van der Waals surface area contributed by atoms with Gasteiger partial charge in [0.15, 0.2) is 0 Å². The summed E-state index contributed by atoms with van der Waals surface area (Å²) in [4.78, 5) is 23.5. The molecule has 0 aliphatic carbocycles. The van der Waals surface area contributed by atoms with E-state index in [9.17, 15) is 4.79 Å². The minimum absolute atomic E-state index is 0.200. The number of hydrogen-bond donors (Lipinski definition) is 0. The normalized spacial score (nSPS) is 14.5. The Morgan fingerprint density at radius 1 is 1.11 bits per heavy atom. The number of aromatic nitrogens is 1. The third kappa shape index (κ3) is 5.20. The van der Waals surface area contributed by atoms with Crippen molar-refractivity contribution in [1.82, 2.24) is 14.8 Å². The predicted molar refractivity (Wildman–Crippen MR) is 107 cm³/mol. The van der Waals surface area contributed by atoms with Crippen LogP contribution in [0.1, 0.15) is 12.5 Å². The first-order valence-corrected chi connectivity index (χ1v) is 9.48. The molecule has 6 nitrogen and oxygen atoms in total. The van der Waals surface area contributed by atoms with E-state index in [0.717, 1.165) is 50.8 Å². The van der Waals surface area contributed by atoms with Crippen LogP contribution in [0.15, 0.2) is 48.7 Å². The Hall–Kier alpha value is -2.60. The number of benzene rings is 1. The Morgan fingerprint density at radius 2 is 1.85 bits per heavy atom. The number of pyridine rings is 1.